The predicted molar refractivity (Wildman–Crippen MR) is 115 cm³/mol. The van der Waals surface area contributed by atoms with Crippen LogP contribution in [0, 0.1) is 46.3 Å². The van der Waals surface area contributed by atoms with E-state index in [4.69, 9.17) is 4.74 Å². The van der Waals surface area contributed by atoms with Gasteiger partial charge in [0.1, 0.15) is 0 Å². The van der Waals surface area contributed by atoms with E-state index in [1.54, 1.807) is 0 Å². The number of rotatable bonds is 5. The van der Waals surface area contributed by atoms with Gasteiger partial charge in [-0.05, 0) is 111 Å². The molecule has 2 heteroatoms. The molecule has 4 aliphatic carbocycles. The lowest BCUT2D eigenvalue weighted by Gasteiger charge is -2.61. The van der Waals surface area contributed by atoms with Crippen LogP contribution in [0.1, 0.15) is 105 Å². The Bertz CT molecular complexity index is 571. The summed E-state index contributed by atoms with van der Waals surface area (Å²) < 4.78 is 5.18. The predicted octanol–water partition coefficient (Wildman–Crippen LogP) is 7.01. The van der Waals surface area contributed by atoms with Gasteiger partial charge in [-0.1, -0.05) is 33.6 Å². The Hall–Kier alpha value is -0.530. The molecular formula is C26H44O2. The van der Waals surface area contributed by atoms with Gasteiger partial charge in [0.05, 0.1) is 6.61 Å². The Morgan fingerprint density at radius 3 is 2.54 bits per heavy atom. The van der Waals surface area contributed by atoms with Crippen molar-refractivity contribution in [2.45, 2.75) is 105 Å². The molecule has 8 atom stereocenters. The molecule has 0 radical (unpaired) electrons. The molecule has 2 nitrogen and oxygen atoms in total. The van der Waals surface area contributed by atoms with Crippen molar-refractivity contribution < 1.29 is 9.53 Å². The van der Waals surface area contributed by atoms with Crippen LogP contribution in [0.5, 0.6) is 0 Å². The van der Waals surface area contributed by atoms with Crippen LogP contribution in [-0.4, -0.2) is 12.6 Å². The summed E-state index contributed by atoms with van der Waals surface area (Å²) >= 11 is 0. The van der Waals surface area contributed by atoms with Crippen LogP contribution < -0.4 is 0 Å². The minimum absolute atomic E-state index is 0.00121. The molecule has 0 spiro atoms. The quantitative estimate of drug-likeness (QED) is 0.473. The molecule has 0 heterocycles. The Labute approximate surface area is 173 Å². The Balaban J connectivity index is 1.45. The first kappa shape index (κ1) is 20.7. The summed E-state index contributed by atoms with van der Waals surface area (Å²) in [6, 6.07) is 0. The van der Waals surface area contributed by atoms with Crippen molar-refractivity contribution in [2.75, 3.05) is 6.61 Å². The monoisotopic (exact) mass is 388 g/mol. The molecule has 4 aliphatic rings. The third kappa shape index (κ3) is 3.35. The second kappa shape index (κ2) is 7.95. The first-order valence-corrected chi connectivity index (χ1v) is 12.6. The van der Waals surface area contributed by atoms with Gasteiger partial charge < -0.3 is 4.74 Å². The van der Waals surface area contributed by atoms with Gasteiger partial charge in [-0.25, -0.2) is 0 Å². The molecule has 0 aromatic carbocycles. The fourth-order valence-corrected chi connectivity index (χ4v) is 9.05. The van der Waals surface area contributed by atoms with Gasteiger partial charge in [0.25, 0.3) is 0 Å². The van der Waals surface area contributed by atoms with Crippen molar-refractivity contribution in [3.63, 3.8) is 0 Å². The van der Waals surface area contributed by atoms with Crippen LogP contribution in [0.25, 0.3) is 0 Å². The zero-order valence-corrected chi connectivity index (χ0v) is 19.0. The molecule has 0 aromatic heterocycles. The number of esters is 1. The number of fused-ring (bicyclic) bond motifs is 5. The summed E-state index contributed by atoms with van der Waals surface area (Å²) in [6.45, 7) is 10.2. The maximum absolute atomic E-state index is 11.9. The fourth-order valence-electron chi connectivity index (χ4n) is 9.05. The largest absolute Gasteiger partial charge is 0.466 e. The van der Waals surface area contributed by atoms with E-state index in [0.29, 0.717) is 29.8 Å². The van der Waals surface area contributed by atoms with E-state index in [2.05, 4.69) is 20.8 Å². The lowest BCUT2D eigenvalue weighted by molar-refractivity contribution is -0.143. The standard InChI is InChI=1S/C26H44O2/c1-5-28-24(27)14-9-18(2)21-12-13-22-20-11-10-19-8-6-7-16-25(19,3)23(20)15-17-26(21,22)4/h18-23H,5-17H2,1-4H3/t18-,19-,20-,21+,22-,23-,25+,26+/m1/s1. The van der Waals surface area contributed by atoms with E-state index >= 15 is 0 Å². The number of hydrogen-bond acceptors (Lipinski definition) is 2. The molecule has 4 saturated carbocycles. The second-order valence-electron chi connectivity index (χ2n) is 11.5. The topological polar surface area (TPSA) is 26.3 Å². The molecule has 0 aromatic rings. The molecule has 0 N–H and O–H groups in total. The Morgan fingerprint density at radius 2 is 1.75 bits per heavy atom. The van der Waals surface area contributed by atoms with Gasteiger partial charge in [-0.3, -0.25) is 4.79 Å². The van der Waals surface area contributed by atoms with Crippen molar-refractivity contribution in [1.29, 1.82) is 0 Å². The summed E-state index contributed by atoms with van der Waals surface area (Å²) in [5.41, 5.74) is 1.17. The van der Waals surface area contributed by atoms with Crippen LogP contribution in [0.3, 0.4) is 0 Å². The molecule has 0 amide bonds. The fraction of sp³-hybridized carbons (Fsp3) is 0.962. The highest BCUT2D eigenvalue weighted by atomic mass is 16.5. The Morgan fingerprint density at radius 1 is 0.964 bits per heavy atom. The average molecular weight is 389 g/mol. The normalized spacial score (nSPS) is 46.2. The van der Waals surface area contributed by atoms with Crippen LogP contribution in [0.15, 0.2) is 0 Å². The summed E-state index contributed by atoms with van der Waals surface area (Å²) in [5.74, 6) is 5.41. The minimum Gasteiger partial charge on any atom is -0.466 e. The molecule has 0 bridgehead atoms. The lowest BCUT2D eigenvalue weighted by atomic mass is 9.44. The van der Waals surface area contributed by atoms with Gasteiger partial charge in [0.15, 0.2) is 0 Å². The summed E-state index contributed by atoms with van der Waals surface area (Å²) in [5, 5.41) is 0. The summed E-state index contributed by atoms with van der Waals surface area (Å²) in [6.07, 6.45) is 16.4. The number of carbonyl (C=O) groups excluding carboxylic acids is 1. The molecule has 4 fully saturated rings. The second-order valence-corrected chi connectivity index (χ2v) is 11.5. The van der Waals surface area contributed by atoms with E-state index in [9.17, 15) is 4.79 Å². The van der Waals surface area contributed by atoms with E-state index in [1.807, 2.05) is 6.92 Å². The molecule has 28 heavy (non-hydrogen) atoms. The first-order valence-electron chi connectivity index (χ1n) is 12.6. The van der Waals surface area contributed by atoms with Gasteiger partial charge in [-0.2, -0.15) is 0 Å². The maximum Gasteiger partial charge on any atom is 0.305 e. The highest BCUT2D eigenvalue weighted by Gasteiger charge is 2.60. The van der Waals surface area contributed by atoms with Crippen LogP contribution in [0.2, 0.25) is 0 Å². The average Bonchev–Trinajstić information content (AvgIpc) is 3.03. The molecular weight excluding hydrogens is 344 g/mol. The number of carbonyl (C=O) groups is 1. The van der Waals surface area contributed by atoms with Crippen LogP contribution in [0.4, 0.5) is 0 Å². The van der Waals surface area contributed by atoms with Crippen LogP contribution >= 0.6 is 0 Å². The van der Waals surface area contributed by atoms with Crippen molar-refractivity contribution in [3.8, 4) is 0 Å². The third-order valence-electron chi connectivity index (χ3n) is 10.5. The lowest BCUT2D eigenvalue weighted by Crippen LogP contribution is -2.53. The van der Waals surface area contributed by atoms with Gasteiger partial charge in [0.2, 0.25) is 0 Å². The van der Waals surface area contributed by atoms with E-state index in [-0.39, 0.29) is 5.97 Å². The van der Waals surface area contributed by atoms with Crippen molar-refractivity contribution in [3.05, 3.63) is 0 Å². The Kier molecular flexibility index (Phi) is 5.89. The highest BCUT2D eigenvalue weighted by Crippen LogP contribution is 2.68. The minimum atomic E-state index is 0.00121. The maximum atomic E-state index is 11.9. The van der Waals surface area contributed by atoms with Crippen molar-refractivity contribution in [1.82, 2.24) is 0 Å². The summed E-state index contributed by atoms with van der Waals surface area (Å²) in [7, 11) is 0. The van der Waals surface area contributed by atoms with Gasteiger partial charge in [-0.15, -0.1) is 0 Å². The number of hydrogen-bond donors (Lipinski definition) is 0. The highest BCUT2D eigenvalue weighted by molar-refractivity contribution is 5.69. The van der Waals surface area contributed by atoms with Crippen molar-refractivity contribution >= 4 is 5.97 Å². The third-order valence-corrected chi connectivity index (χ3v) is 10.5. The molecule has 160 valence electrons. The van der Waals surface area contributed by atoms with E-state index in [1.165, 1.54) is 64.2 Å². The molecule has 0 saturated heterocycles. The van der Waals surface area contributed by atoms with E-state index < -0.39 is 0 Å². The van der Waals surface area contributed by atoms with Gasteiger partial charge in [0, 0.05) is 6.42 Å². The zero-order valence-electron chi connectivity index (χ0n) is 19.0. The van der Waals surface area contributed by atoms with Crippen molar-refractivity contribution in [2.24, 2.45) is 46.3 Å². The zero-order chi connectivity index (χ0) is 19.9. The van der Waals surface area contributed by atoms with Gasteiger partial charge >= 0.3 is 5.97 Å². The smallest absolute Gasteiger partial charge is 0.305 e. The molecule has 4 rings (SSSR count). The summed E-state index contributed by atoms with van der Waals surface area (Å²) in [4.78, 5) is 11.9. The SMILES string of the molecule is CCOC(=O)CC[C@@H](C)[C@@H]1CC[C@@H]2[C@H]3CC[C@H]4CCCC[C@]4(C)[C@@H]3CC[C@]21C. The number of ether oxygens (including phenoxy) is 1. The first-order chi connectivity index (χ1) is 13.4. The molecule has 0 unspecified atom stereocenters. The van der Waals surface area contributed by atoms with Crippen LogP contribution in [-0.2, 0) is 9.53 Å². The molecule has 0 aliphatic heterocycles. The van der Waals surface area contributed by atoms with E-state index in [0.717, 1.165) is 36.0 Å².